The van der Waals surface area contributed by atoms with E-state index in [9.17, 15) is 9.18 Å². The fourth-order valence-electron chi connectivity index (χ4n) is 2.08. The molecule has 106 valence electrons. The maximum absolute atomic E-state index is 13.8. The Balaban J connectivity index is 1.77. The minimum atomic E-state index is -0.505. The average molecular weight is 304 g/mol. The number of hydrogen-bond donors (Lipinski definition) is 1. The summed E-state index contributed by atoms with van der Waals surface area (Å²) in [6.07, 6.45) is 0. The smallest absolute Gasteiger partial charge is 0.338 e. The standard InChI is InChI=1S/C16H11ClFNO2/c17-13-7-6-11-8-12(19-15(11)14(13)18)9-21-16(20)10-4-2-1-3-5-10/h1-8,19H,9H2. The fourth-order valence-corrected chi connectivity index (χ4v) is 2.23. The van der Waals surface area contributed by atoms with Gasteiger partial charge in [0, 0.05) is 5.39 Å². The Morgan fingerprint density at radius 3 is 2.71 bits per heavy atom. The molecule has 1 aromatic heterocycles. The highest BCUT2D eigenvalue weighted by Gasteiger charge is 2.11. The molecule has 0 amide bonds. The molecule has 0 fully saturated rings. The van der Waals surface area contributed by atoms with Crippen molar-refractivity contribution in [2.45, 2.75) is 6.61 Å². The van der Waals surface area contributed by atoms with Crippen LogP contribution in [0.4, 0.5) is 4.39 Å². The molecule has 0 radical (unpaired) electrons. The van der Waals surface area contributed by atoms with Gasteiger partial charge in [-0.2, -0.15) is 0 Å². The molecule has 1 heterocycles. The Hall–Kier alpha value is -2.33. The van der Waals surface area contributed by atoms with Crippen LogP contribution in [0.1, 0.15) is 16.1 Å². The molecule has 0 bridgehead atoms. The van der Waals surface area contributed by atoms with E-state index in [0.29, 0.717) is 22.2 Å². The zero-order valence-electron chi connectivity index (χ0n) is 10.9. The van der Waals surface area contributed by atoms with Crippen molar-refractivity contribution < 1.29 is 13.9 Å². The SMILES string of the molecule is O=C(OCc1cc2ccc(Cl)c(F)c2[nH]1)c1ccccc1. The van der Waals surface area contributed by atoms with Crippen molar-refractivity contribution in [2.75, 3.05) is 0 Å². The van der Waals surface area contributed by atoms with Crippen molar-refractivity contribution in [3.63, 3.8) is 0 Å². The Bertz CT molecular complexity index is 799. The number of nitrogens with one attached hydrogen (secondary N) is 1. The molecule has 0 aliphatic rings. The number of fused-ring (bicyclic) bond motifs is 1. The predicted octanol–water partition coefficient (Wildman–Crippen LogP) is 4.32. The number of aromatic nitrogens is 1. The van der Waals surface area contributed by atoms with Gasteiger partial charge in [-0.05, 0) is 24.3 Å². The lowest BCUT2D eigenvalue weighted by molar-refractivity contribution is 0.0468. The van der Waals surface area contributed by atoms with E-state index in [1.807, 2.05) is 6.07 Å². The van der Waals surface area contributed by atoms with Gasteiger partial charge in [-0.25, -0.2) is 9.18 Å². The summed E-state index contributed by atoms with van der Waals surface area (Å²) in [5, 5.41) is 0.736. The predicted molar refractivity (Wildman–Crippen MR) is 78.8 cm³/mol. The number of carbonyl (C=O) groups is 1. The summed E-state index contributed by atoms with van der Waals surface area (Å²) in [7, 11) is 0. The topological polar surface area (TPSA) is 42.1 Å². The summed E-state index contributed by atoms with van der Waals surface area (Å²) >= 11 is 5.72. The lowest BCUT2D eigenvalue weighted by atomic mass is 10.2. The molecule has 1 N–H and O–H groups in total. The van der Waals surface area contributed by atoms with E-state index in [2.05, 4.69) is 4.98 Å². The Morgan fingerprint density at radius 2 is 1.95 bits per heavy atom. The first-order valence-corrected chi connectivity index (χ1v) is 6.71. The van der Waals surface area contributed by atoms with Gasteiger partial charge in [0.25, 0.3) is 0 Å². The molecule has 0 saturated carbocycles. The quantitative estimate of drug-likeness (QED) is 0.732. The summed E-state index contributed by atoms with van der Waals surface area (Å²) in [6, 6.07) is 13.6. The molecule has 0 aliphatic carbocycles. The van der Waals surface area contributed by atoms with Gasteiger partial charge in [-0.15, -0.1) is 0 Å². The highest BCUT2D eigenvalue weighted by molar-refractivity contribution is 6.31. The number of H-pyrrole nitrogens is 1. The van der Waals surface area contributed by atoms with Gasteiger partial charge in [0.05, 0.1) is 21.8 Å². The van der Waals surface area contributed by atoms with Crippen molar-refractivity contribution in [3.05, 3.63) is 70.6 Å². The third-order valence-corrected chi connectivity index (χ3v) is 3.40. The van der Waals surface area contributed by atoms with E-state index in [1.54, 1.807) is 36.4 Å². The van der Waals surface area contributed by atoms with E-state index in [0.717, 1.165) is 0 Å². The Labute approximate surface area is 125 Å². The molecule has 0 spiro atoms. The molecule has 3 rings (SSSR count). The molecular weight excluding hydrogens is 293 g/mol. The van der Waals surface area contributed by atoms with Crippen molar-refractivity contribution in [2.24, 2.45) is 0 Å². The van der Waals surface area contributed by atoms with E-state index < -0.39 is 11.8 Å². The van der Waals surface area contributed by atoms with Crippen LogP contribution in [0.15, 0.2) is 48.5 Å². The van der Waals surface area contributed by atoms with Crippen LogP contribution in [-0.2, 0) is 11.3 Å². The maximum Gasteiger partial charge on any atom is 0.338 e. The van der Waals surface area contributed by atoms with Crippen LogP contribution in [0, 0.1) is 5.82 Å². The van der Waals surface area contributed by atoms with Gasteiger partial charge >= 0.3 is 5.97 Å². The monoisotopic (exact) mass is 303 g/mol. The number of carbonyl (C=O) groups excluding carboxylic acids is 1. The first-order valence-electron chi connectivity index (χ1n) is 6.33. The molecule has 0 aliphatic heterocycles. The van der Waals surface area contributed by atoms with Crippen molar-refractivity contribution in [1.29, 1.82) is 0 Å². The molecule has 2 aromatic carbocycles. The molecule has 5 heteroatoms. The number of benzene rings is 2. The minimum Gasteiger partial charge on any atom is -0.456 e. The molecule has 3 aromatic rings. The fraction of sp³-hybridized carbons (Fsp3) is 0.0625. The third-order valence-electron chi connectivity index (χ3n) is 3.11. The van der Waals surface area contributed by atoms with Crippen molar-refractivity contribution in [1.82, 2.24) is 4.98 Å². The van der Waals surface area contributed by atoms with Gasteiger partial charge < -0.3 is 9.72 Å². The number of hydrogen-bond acceptors (Lipinski definition) is 2. The molecule has 0 unspecified atom stereocenters. The van der Waals surface area contributed by atoms with Crippen LogP contribution in [0.2, 0.25) is 5.02 Å². The third kappa shape index (κ3) is 2.76. The summed E-state index contributed by atoms with van der Waals surface area (Å²) in [4.78, 5) is 14.7. The minimum absolute atomic E-state index is 0.0411. The second kappa shape index (κ2) is 5.58. The number of aromatic amines is 1. The second-order valence-electron chi connectivity index (χ2n) is 4.56. The summed E-state index contributed by atoms with van der Waals surface area (Å²) in [5.41, 5.74) is 1.39. The largest absolute Gasteiger partial charge is 0.456 e. The van der Waals surface area contributed by atoms with E-state index in [-0.39, 0.29) is 11.6 Å². The number of ether oxygens (including phenoxy) is 1. The number of esters is 1. The van der Waals surface area contributed by atoms with Crippen LogP contribution < -0.4 is 0 Å². The van der Waals surface area contributed by atoms with Gasteiger partial charge in [0.2, 0.25) is 0 Å². The van der Waals surface area contributed by atoms with E-state index >= 15 is 0 Å². The molecule has 21 heavy (non-hydrogen) atoms. The number of rotatable bonds is 3. The Morgan fingerprint density at radius 1 is 1.19 bits per heavy atom. The first kappa shape index (κ1) is 13.6. The highest BCUT2D eigenvalue weighted by atomic mass is 35.5. The van der Waals surface area contributed by atoms with Crippen LogP contribution >= 0.6 is 11.6 Å². The van der Waals surface area contributed by atoms with Crippen LogP contribution in [0.5, 0.6) is 0 Å². The molecular formula is C16H11ClFNO2. The molecule has 3 nitrogen and oxygen atoms in total. The van der Waals surface area contributed by atoms with Crippen molar-refractivity contribution in [3.8, 4) is 0 Å². The lowest BCUT2D eigenvalue weighted by Crippen LogP contribution is -2.04. The van der Waals surface area contributed by atoms with E-state index in [1.165, 1.54) is 6.07 Å². The summed E-state index contributed by atoms with van der Waals surface area (Å²) in [5.74, 6) is -0.928. The molecule has 0 atom stereocenters. The summed E-state index contributed by atoms with van der Waals surface area (Å²) < 4.78 is 19.0. The van der Waals surface area contributed by atoms with Crippen LogP contribution in [-0.4, -0.2) is 11.0 Å². The average Bonchev–Trinajstić information content (AvgIpc) is 2.93. The second-order valence-corrected chi connectivity index (χ2v) is 4.97. The van der Waals surface area contributed by atoms with Gasteiger partial charge in [-0.1, -0.05) is 35.9 Å². The normalized spacial score (nSPS) is 10.8. The lowest BCUT2D eigenvalue weighted by Gasteiger charge is -2.02. The summed E-state index contributed by atoms with van der Waals surface area (Å²) in [6.45, 7) is 0.0411. The first-order chi connectivity index (χ1) is 10.1. The van der Waals surface area contributed by atoms with Crippen molar-refractivity contribution >= 4 is 28.5 Å². The highest BCUT2D eigenvalue weighted by Crippen LogP contribution is 2.25. The number of halogens is 2. The van der Waals surface area contributed by atoms with Gasteiger partial charge in [-0.3, -0.25) is 0 Å². The zero-order chi connectivity index (χ0) is 14.8. The van der Waals surface area contributed by atoms with Crippen LogP contribution in [0.25, 0.3) is 10.9 Å². The maximum atomic E-state index is 13.8. The zero-order valence-corrected chi connectivity index (χ0v) is 11.7. The van der Waals surface area contributed by atoms with Gasteiger partial charge in [0.1, 0.15) is 6.61 Å². The van der Waals surface area contributed by atoms with E-state index in [4.69, 9.17) is 16.3 Å². The van der Waals surface area contributed by atoms with Gasteiger partial charge in [0.15, 0.2) is 5.82 Å². The Kier molecular flexibility index (Phi) is 3.62. The molecule has 0 saturated heterocycles. The van der Waals surface area contributed by atoms with Crippen LogP contribution in [0.3, 0.4) is 0 Å².